The topological polar surface area (TPSA) is 32.9 Å². The highest BCUT2D eigenvalue weighted by molar-refractivity contribution is 7.08. The van der Waals surface area contributed by atoms with Crippen LogP contribution < -0.4 is 0 Å². The van der Waals surface area contributed by atoms with E-state index in [9.17, 15) is 4.79 Å². The van der Waals surface area contributed by atoms with E-state index in [0.717, 1.165) is 22.0 Å². The van der Waals surface area contributed by atoms with Gasteiger partial charge >= 0.3 is 0 Å². The second-order valence-electron chi connectivity index (χ2n) is 4.00. The van der Waals surface area contributed by atoms with Gasteiger partial charge in [0.25, 0.3) is 0 Å². The van der Waals surface area contributed by atoms with Crippen LogP contribution in [0.2, 0.25) is 0 Å². The molecule has 18 heavy (non-hydrogen) atoms. The standard InChI is InChI=1S/C15H11NOS/c17-15(6-5-11-7-8-18-10-11)13-9-16-14-4-2-1-3-12(13)14/h1-10,16H/b6-5+. The largest absolute Gasteiger partial charge is 0.360 e. The van der Waals surface area contributed by atoms with Crippen molar-refractivity contribution in [3.63, 3.8) is 0 Å². The summed E-state index contributed by atoms with van der Waals surface area (Å²) in [6, 6.07) is 9.81. The van der Waals surface area contributed by atoms with E-state index in [4.69, 9.17) is 0 Å². The van der Waals surface area contributed by atoms with Gasteiger partial charge in [-0.05, 0) is 34.5 Å². The zero-order chi connectivity index (χ0) is 12.4. The average molecular weight is 253 g/mol. The van der Waals surface area contributed by atoms with E-state index in [1.54, 1.807) is 23.6 Å². The lowest BCUT2D eigenvalue weighted by Gasteiger charge is -1.92. The lowest BCUT2D eigenvalue weighted by molar-refractivity contribution is 0.104. The number of rotatable bonds is 3. The van der Waals surface area contributed by atoms with Gasteiger partial charge in [0.2, 0.25) is 0 Å². The molecule has 0 aliphatic carbocycles. The fourth-order valence-corrected chi connectivity index (χ4v) is 2.54. The number of aromatic nitrogens is 1. The van der Waals surface area contributed by atoms with Gasteiger partial charge in [-0.1, -0.05) is 24.3 Å². The maximum absolute atomic E-state index is 12.1. The number of allylic oxidation sites excluding steroid dienone is 1. The summed E-state index contributed by atoms with van der Waals surface area (Å²) < 4.78 is 0. The second kappa shape index (κ2) is 4.63. The van der Waals surface area contributed by atoms with Gasteiger partial charge in [-0.25, -0.2) is 0 Å². The Morgan fingerprint density at radius 3 is 2.94 bits per heavy atom. The van der Waals surface area contributed by atoms with E-state index in [1.165, 1.54) is 0 Å². The predicted molar refractivity (Wildman–Crippen MR) is 76.0 cm³/mol. The van der Waals surface area contributed by atoms with Crippen LogP contribution in [-0.2, 0) is 0 Å². The van der Waals surface area contributed by atoms with Crippen molar-refractivity contribution in [3.8, 4) is 0 Å². The second-order valence-corrected chi connectivity index (χ2v) is 4.78. The van der Waals surface area contributed by atoms with Crippen LogP contribution in [-0.4, -0.2) is 10.8 Å². The van der Waals surface area contributed by atoms with Gasteiger partial charge in [0.1, 0.15) is 0 Å². The Hall–Kier alpha value is -2.13. The molecule has 0 saturated heterocycles. The van der Waals surface area contributed by atoms with Crippen molar-refractivity contribution < 1.29 is 4.79 Å². The van der Waals surface area contributed by atoms with Crippen LogP contribution >= 0.6 is 11.3 Å². The number of carbonyl (C=O) groups excluding carboxylic acids is 1. The molecule has 0 saturated carbocycles. The molecule has 2 heterocycles. The number of ketones is 1. The third kappa shape index (κ3) is 2.00. The number of para-hydroxylation sites is 1. The molecule has 0 unspecified atom stereocenters. The van der Waals surface area contributed by atoms with E-state index in [0.29, 0.717) is 0 Å². The normalized spacial score (nSPS) is 11.3. The Labute approximate surface area is 109 Å². The first-order valence-corrected chi connectivity index (χ1v) is 6.59. The molecule has 0 amide bonds. The summed E-state index contributed by atoms with van der Waals surface area (Å²) in [4.78, 5) is 15.2. The molecule has 88 valence electrons. The minimum Gasteiger partial charge on any atom is -0.360 e. The molecule has 0 aliphatic heterocycles. The fourth-order valence-electron chi connectivity index (χ4n) is 1.91. The molecule has 3 aromatic rings. The van der Waals surface area contributed by atoms with Crippen molar-refractivity contribution in [2.45, 2.75) is 0 Å². The number of hydrogen-bond acceptors (Lipinski definition) is 2. The van der Waals surface area contributed by atoms with E-state index >= 15 is 0 Å². The van der Waals surface area contributed by atoms with Crippen molar-refractivity contribution in [2.24, 2.45) is 0 Å². The summed E-state index contributed by atoms with van der Waals surface area (Å²) in [5.41, 5.74) is 2.77. The first-order valence-electron chi connectivity index (χ1n) is 5.65. The third-order valence-corrected chi connectivity index (χ3v) is 3.53. The minimum atomic E-state index is 0.0265. The summed E-state index contributed by atoms with van der Waals surface area (Å²) in [7, 11) is 0. The van der Waals surface area contributed by atoms with Crippen LogP contribution in [0.5, 0.6) is 0 Å². The van der Waals surface area contributed by atoms with Gasteiger partial charge in [0, 0.05) is 22.7 Å². The molecular formula is C15H11NOS. The molecule has 3 heteroatoms. The first kappa shape index (κ1) is 11.0. The average Bonchev–Trinajstić information content (AvgIpc) is 3.05. The highest BCUT2D eigenvalue weighted by atomic mass is 32.1. The van der Waals surface area contributed by atoms with Crippen molar-refractivity contribution in [1.29, 1.82) is 0 Å². The van der Waals surface area contributed by atoms with Gasteiger partial charge in [-0.2, -0.15) is 11.3 Å². The number of thiophene rings is 1. The SMILES string of the molecule is O=C(/C=C/c1ccsc1)c1c[nH]c2ccccc12. The lowest BCUT2D eigenvalue weighted by atomic mass is 10.1. The lowest BCUT2D eigenvalue weighted by Crippen LogP contribution is -1.91. The van der Waals surface area contributed by atoms with Gasteiger partial charge in [-0.15, -0.1) is 0 Å². The monoisotopic (exact) mass is 253 g/mol. The highest BCUT2D eigenvalue weighted by Gasteiger charge is 2.08. The van der Waals surface area contributed by atoms with E-state index in [-0.39, 0.29) is 5.78 Å². The molecule has 1 N–H and O–H groups in total. The molecule has 3 rings (SSSR count). The minimum absolute atomic E-state index is 0.0265. The highest BCUT2D eigenvalue weighted by Crippen LogP contribution is 2.19. The van der Waals surface area contributed by atoms with Crippen LogP contribution in [0.1, 0.15) is 15.9 Å². The number of aromatic amines is 1. The van der Waals surface area contributed by atoms with Crippen molar-refractivity contribution in [2.75, 3.05) is 0 Å². The van der Waals surface area contributed by atoms with Gasteiger partial charge in [0.15, 0.2) is 5.78 Å². The van der Waals surface area contributed by atoms with Crippen LogP contribution in [0.3, 0.4) is 0 Å². The maximum Gasteiger partial charge on any atom is 0.188 e. The number of nitrogens with one attached hydrogen (secondary N) is 1. The molecular weight excluding hydrogens is 242 g/mol. The van der Waals surface area contributed by atoms with Crippen LogP contribution in [0.4, 0.5) is 0 Å². The Bertz CT molecular complexity index is 707. The van der Waals surface area contributed by atoms with Crippen molar-refractivity contribution in [1.82, 2.24) is 4.98 Å². The van der Waals surface area contributed by atoms with Gasteiger partial charge in [0.05, 0.1) is 0 Å². The van der Waals surface area contributed by atoms with Crippen molar-refractivity contribution in [3.05, 3.63) is 64.5 Å². The fraction of sp³-hybridized carbons (Fsp3) is 0. The summed E-state index contributed by atoms with van der Waals surface area (Å²) in [5.74, 6) is 0.0265. The zero-order valence-electron chi connectivity index (χ0n) is 9.59. The maximum atomic E-state index is 12.1. The predicted octanol–water partition coefficient (Wildman–Crippen LogP) is 4.13. The quantitative estimate of drug-likeness (QED) is 0.552. The molecule has 0 aliphatic rings. The summed E-state index contributed by atoms with van der Waals surface area (Å²) in [6.07, 6.45) is 5.24. The molecule has 2 nitrogen and oxygen atoms in total. The van der Waals surface area contributed by atoms with Gasteiger partial charge < -0.3 is 4.98 Å². The van der Waals surface area contributed by atoms with E-state index < -0.39 is 0 Å². The van der Waals surface area contributed by atoms with Crippen LogP contribution in [0.25, 0.3) is 17.0 Å². The molecule has 2 aromatic heterocycles. The summed E-state index contributed by atoms with van der Waals surface area (Å²) >= 11 is 1.62. The summed E-state index contributed by atoms with van der Waals surface area (Å²) in [5, 5.41) is 4.98. The molecule has 0 radical (unpaired) electrons. The molecule has 0 atom stereocenters. The Morgan fingerprint density at radius 2 is 2.11 bits per heavy atom. The Balaban J connectivity index is 1.93. The van der Waals surface area contributed by atoms with Crippen LogP contribution in [0.15, 0.2) is 53.4 Å². The third-order valence-electron chi connectivity index (χ3n) is 2.83. The van der Waals surface area contributed by atoms with Crippen LogP contribution in [0, 0.1) is 0 Å². The van der Waals surface area contributed by atoms with Gasteiger partial charge in [-0.3, -0.25) is 4.79 Å². The number of carbonyl (C=O) groups is 1. The molecule has 0 spiro atoms. The number of H-pyrrole nitrogens is 1. The smallest absolute Gasteiger partial charge is 0.188 e. The van der Waals surface area contributed by atoms with Crippen molar-refractivity contribution >= 4 is 34.1 Å². The Morgan fingerprint density at radius 1 is 1.22 bits per heavy atom. The van der Waals surface area contributed by atoms with E-state index in [2.05, 4.69) is 4.98 Å². The number of hydrogen-bond donors (Lipinski definition) is 1. The molecule has 0 bridgehead atoms. The number of benzene rings is 1. The molecule has 1 aromatic carbocycles. The first-order chi connectivity index (χ1) is 8.84. The van der Waals surface area contributed by atoms with E-state index in [1.807, 2.05) is 47.2 Å². The number of fused-ring (bicyclic) bond motifs is 1. The summed E-state index contributed by atoms with van der Waals surface area (Å²) in [6.45, 7) is 0. The molecule has 0 fully saturated rings. The zero-order valence-corrected chi connectivity index (χ0v) is 10.4. The Kier molecular flexibility index (Phi) is 2.82.